The molecule has 1 rings (SSSR count). The van der Waals surface area contributed by atoms with Crippen LogP contribution in [0.3, 0.4) is 0 Å². The summed E-state index contributed by atoms with van der Waals surface area (Å²) in [6, 6.07) is 0.662. The number of hydrogen-bond acceptors (Lipinski definition) is 3. The lowest BCUT2D eigenvalue weighted by Gasteiger charge is -2.38. The van der Waals surface area contributed by atoms with E-state index < -0.39 is 0 Å². The lowest BCUT2D eigenvalue weighted by atomic mass is 9.81. The molecular weight excluding hydrogens is 224 g/mol. The minimum Gasteiger partial charge on any atom is -0.383 e. The Morgan fingerprint density at radius 3 is 2.67 bits per heavy atom. The first-order valence-corrected chi connectivity index (χ1v) is 7.61. The van der Waals surface area contributed by atoms with Crippen LogP contribution >= 0.6 is 0 Å². The first kappa shape index (κ1) is 15.9. The Morgan fingerprint density at radius 2 is 2.17 bits per heavy atom. The number of rotatable bonds is 9. The number of methoxy groups -OCH3 is 1. The Labute approximate surface area is 113 Å². The summed E-state index contributed by atoms with van der Waals surface area (Å²) in [5, 5.41) is 3.56. The van der Waals surface area contributed by atoms with E-state index in [1.807, 2.05) is 0 Å². The average Bonchev–Trinajstić information content (AvgIpc) is 2.82. The molecule has 0 saturated carbocycles. The van der Waals surface area contributed by atoms with Crippen molar-refractivity contribution >= 4 is 0 Å². The first-order chi connectivity index (χ1) is 8.67. The standard InChI is InChI=1S/C15H32N2O/c1-5-7-15(8-9-16-12-15)13-17(10-11-18-4)14(3)6-2/h14,16H,5-13H2,1-4H3. The van der Waals surface area contributed by atoms with Gasteiger partial charge in [0.15, 0.2) is 0 Å². The summed E-state index contributed by atoms with van der Waals surface area (Å²) in [5.41, 5.74) is 0.506. The van der Waals surface area contributed by atoms with Crippen LogP contribution < -0.4 is 5.32 Å². The fraction of sp³-hybridized carbons (Fsp3) is 1.00. The molecule has 3 nitrogen and oxygen atoms in total. The molecule has 1 aliphatic rings. The molecule has 0 radical (unpaired) electrons. The summed E-state index contributed by atoms with van der Waals surface area (Å²) >= 11 is 0. The third kappa shape index (κ3) is 4.52. The Morgan fingerprint density at radius 1 is 1.39 bits per heavy atom. The quantitative estimate of drug-likeness (QED) is 0.686. The maximum atomic E-state index is 5.27. The van der Waals surface area contributed by atoms with Gasteiger partial charge in [0.1, 0.15) is 0 Å². The minimum atomic E-state index is 0.506. The van der Waals surface area contributed by atoms with E-state index >= 15 is 0 Å². The van der Waals surface area contributed by atoms with Crippen LogP contribution in [-0.4, -0.2) is 50.8 Å². The maximum Gasteiger partial charge on any atom is 0.0589 e. The van der Waals surface area contributed by atoms with E-state index in [1.165, 1.54) is 45.3 Å². The maximum absolute atomic E-state index is 5.27. The fourth-order valence-electron chi connectivity index (χ4n) is 3.11. The van der Waals surface area contributed by atoms with Crippen LogP contribution in [-0.2, 0) is 4.74 Å². The molecule has 1 fully saturated rings. The van der Waals surface area contributed by atoms with E-state index in [2.05, 4.69) is 31.0 Å². The van der Waals surface area contributed by atoms with E-state index in [9.17, 15) is 0 Å². The molecule has 108 valence electrons. The highest BCUT2D eigenvalue weighted by Gasteiger charge is 2.35. The van der Waals surface area contributed by atoms with Gasteiger partial charge >= 0.3 is 0 Å². The van der Waals surface area contributed by atoms with Crippen LogP contribution in [0.15, 0.2) is 0 Å². The van der Waals surface area contributed by atoms with Crippen molar-refractivity contribution in [3.05, 3.63) is 0 Å². The molecule has 0 bridgehead atoms. The van der Waals surface area contributed by atoms with Gasteiger partial charge in [-0.1, -0.05) is 20.3 Å². The highest BCUT2D eigenvalue weighted by molar-refractivity contribution is 4.91. The van der Waals surface area contributed by atoms with Gasteiger partial charge < -0.3 is 10.1 Å². The second-order valence-electron chi connectivity index (χ2n) is 5.90. The zero-order valence-electron chi connectivity index (χ0n) is 12.8. The van der Waals surface area contributed by atoms with Crippen LogP contribution in [0.1, 0.15) is 46.5 Å². The lowest BCUT2D eigenvalue weighted by Crippen LogP contribution is -2.44. The smallest absolute Gasteiger partial charge is 0.0589 e. The molecule has 1 saturated heterocycles. The molecule has 1 heterocycles. The molecule has 0 aromatic carbocycles. The monoisotopic (exact) mass is 256 g/mol. The zero-order chi connectivity index (χ0) is 13.4. The molecule has 0 aromatic heterocycles. The van der Waals surface area contributed by atoms with Gasteiger partial charge in [0.25, 0.3) is 0 Å². The molecule has 18 heavy (non-hydrogen) atoms. The first-order valence-electron chi connectivity index (χ1n) is 7.61. The topological polar surface area (TPSA) is 24.5 Å². The van der Waals surface area contributed by atoms with Crippen molar-refractivity contribution in [1.82, 2.24) is 10.2 Å². The second-order valence-corrected chi connectivity index (χ2v) is 5.90. The summed E-state index contributed by atoms with van der Waals surface area (Å²) in [7, 11) is 1.80. The molecule has 1 aliphatic heterocycles. The predicted molar refractivity (Wildman–Crippen MR) is 78.0 cm³/mol. The van der Waals surface area contributed by atoms with E-state index in [-0.39, 0.29) is 0 Å². The molecule has 0 amide bonds. The van der Waals surface area contributed by atoms with E-state index in [4.69, 9.17) is 4.74 Å². The summed E-state index contributed by atoms with van der Waals surface area (Å²) in [5.74, 6) is 0. The number of hydrogen-bond donors (Lipinski definition) is 1. The van der Waals surface area contributed by atoms with Gasteiger partial charge in [-0.3, -0.25) is 4.90 Å². The van der Waals surface area contributed by atoms with Gasteiger partial charge in [-0.2, -0.15) is 0 Å². The highest BCUT2D eigenvalue weighted by atomic mass is 16.5. The third-order valence-electron chi connectivity index (χ3n) is 4.45. The molecule has 0 aromatic rings. The van der Waals surface area contributed by atoms with Crippen molar-refractivity contribution in [2.45, 2.75) is 52.5 Å². The highest BCUT2D eigenvalue weighted by Crippen LogP contribution is 2.32. The minimum absolute atomic E-state index is 0.506. The zero-order valence-corrected chi connectivity index (χ0v) is 12.8. The van der Waals surface area contributed by atoms with Crippen molar-refractivity contribution in [1.29, 1.82) is 0 Å². The van der Waals surface area contributed by atoms with Crippen molar-refractivity contribution in [2.24, 2.45) is 5.41 Å². The lowest BCUT2D eigenvalue weighted by molar-refractivity contribution is 0.0797. The van der Waals surface area contributed by atoms with Crippen LogP contribution in [0.25, 0.3) is 0 Å². The molecule has 0 aliphatic carbocycles. The average molecular weight is 256 g/mol. The van der Waals surface area contributed by atoms with Gasteiger partial charge in [-0.05, 0) is 38.1 Å². The number of ether oxygens (including phenoxy) is 1. The fourth-order valence-corrected chi connectivity index (χ4v) is 3.11. The Balaban J connectivity index is 2.60. The molecule has 1 N–H and O–H groups in total. The Bertz CT molecular complexity index is 215. The Kier molecular flexibility index (Phi) is 7.20. The Hall–Kier alpha value is -0.120. The van der Waals surface area contributed by atoms with Gasteiger partial charge in [-0.25, -0.2) is 0 Å². The second kappa shape index (κ2) is 8.13. The predicted octanol–water partition coefficient (Wildman–Crippen LogP) is 2.51. The van der Waals surface area contributed by atoms with E-state index in [1.54, 1.807) is 7.11 Å². The molecule has 0 spiro atoms. The van der Waals surface area contributed by atoms with Gasteiger partial charge in [-0.15, -0.1) is 0 Å². The van der Waals surface area contributed by atoms with Gasteiger partial charge in [0, 0.05) is 32.8 Å². The normalized spacial score (nSPS) is 25.8. The molecular formula is C15H32N2O. The number of nitrogens with zero attached hydrogens (tertiary/aromatic N) is 1. The third-order valence-corrected chi connectivity index (χ3v) is 4.45. The number of nitrogens with one attached hydrogen (secondary N) is 1. The molecule has 3 heteroatoms. The van der Waals surface area contributed by atoms with Gasteiger partial charge in [0.05, 0.1) is 6.61 Å². The van der Waals surface area contributed by atoms with Crippen molar-refractivity contribution in [3.8, 4) is 0 Å². The van der Waals surface area contributed by atoms with E-state index in [0.717, 1.165) is 13.2 Å². The van der Waals surface area contributed by atoms with Crippen molar-refractivity contribution < 1.29 is 4.74 Å². The van der Waals surface area contributed by atoms with Crippen molar-refractivity contribution in [2.75, 3.05) is 39.9 Å². The summed E-state index contributed by atoms with van der Waals surface area (Å²) < 4.78 is 5.27. The van der Waals surface area contributed by atoms with Crippen LogP contribution in [0.5, 0.6) is 0 Å². The SMILES string of the molecule is CCCC1(CN(CCOC)C(C)CC)CCNC1. The van der Waals surface area contributed by atoms with Crippen LogP contribution in [0.2, 0.25) is 0 Å². The largest absolute Gasteiger partial charge is 0.383 e. The summed E-state index contributed by atoms with van der Waals surface area (Å²) in [6.07, 6.45) is 5.19. The molecule has 2 unspecified atom stereocenters. The molecule has 2 atom stereocenters. The van der Waals surface area contributed by atoms with Crippen molar-refractivity contribution in [3.63, 3.8) is 0 Å². The summed E-state index contributed by atoms with van der Waals surface area (Å²) in [4.78, 5) is 2.63. The van der Waals surface area contributed by atoms with Crippen LogP contribution in [0.4, 0.5) is 0 Å². The van der Waals surface area contributed by atoms with E-state index in [0.29, 0.717) is 11.5 Å². The van der Waals surface area contributed by atoms with Crippen LogP contribution in [0, 0.1) is 5.41 Å². The van der Waals surface area contributed by atoms with Gasteiger partial charge in [0.2, 0.25) is 0 Å². The summed E-state index contributed by atoms with van der Waals surface area (Å²) in [6.45, 7) is 12.5.